The molecule has 1 aromatic carbocycles. The van der Waals surface area contributed by atoms with Gasteiger partial charge in [0.05, 0.1) is 0 Å². The topological polar surface area (TPSA) is 72.9 Å². The fourth-order valence-corrected chi connectivity index (χ4v) is 1.81. The second-order valence-corrected chi connectivity index (χ2v) is 4.55. The quantitative estimate of drug-likeness (QED) is 0.645. The van der Waals surface area contributed by atoms with Gasteiger partial charge in [0.15, 0.2) is 0 Å². The number of anilines is 1. The van der Waals surface area contributed by atoms with Crippen molar-refractivity contribution in [2.45, 2.75) is 19.9 Å². The highest BCUT2D eigenvalue weighted by Crippen LogP contribution is 2.17. The number of nitrogens with one attached hydrogen (secondary N) is 1. The predicted molar refractivity (Wildman–Crippen MR) is 74.7 cm³/mol. The molecule has 6 heteroatoms. The van der Waals surface area contributed by atoms with E-state index < -0.39 is 5.82 Å². The first-order chi connectivity index (χ1) is 9.58. The van der Waals surface area contributed by atoms with E-state index in [2.05, 4.69) is 10.4 Å². The Kier molecular flexibility index (Phi) is 4.34. The average Bonchev–Trinajstić information content (AvgIpc) is 2.93. The molecule has 0 spiro atoms. The van der Waals surface area contributed by atoms with Crippen LogP contribution < -0.4 is 11.1 Å². The lowest BCUT2D eigenvalue weighted by molar-refractivity contribution is 0.0952. The summed E-state index contributed by atoms with van der Waals surface area (Å²) in [7, 11) is 0. The zero-order chi connectivity index (χ0) is 14.5. The van der Waals surface area contributed by atoms with E-state index in [1.807, 2.05) is 12.3 Å². The normalized spacial score (nSPS) is 10.5. The van der Waals surface area contributed by atoms with Crippen molar-refractivity contribution >= 4 is 11.6 Å². The number of nitrogens with zero attached hydrogens (tertiary/aromatic N) is 2. The van der Waals surface area contributed by atoms with Gasteiger partial charge in [0.2, 0.25) is 0 Å². The van der Waals surface area contributed by atoms with E-state index in [1.165, 1.54) is 12.1 Å². The van der Waals surface area contributed by atoms with Gasteiger partial charge >= 0.3 is 0 Å². The lowest BCUT2D eigenvalue weighted by atomic mass is 10.1. The number of carbonyl (C=O) groups excluding carboxylic acids is 1. The third-order valence-corrected chi connectivity index (χ3v) is 3.06. The van der Waals surface area contributed by atoms with Crippen LogP contribution in [0, 0.1) is 12.7 Å². The zero-order valence-corrected chi connectivity index (χ0v) is 11.3. The third-order valence-electron chi connectivity index (χ3n) is 3.06. The summed E-state index contributed by atoms with van der Waals surface area (Å²) in [5.41, 5.74) is 6.53. The Hall–Kier alpha value is -2.37. The minimum absolute atomic E-state index is 0.240. The molecule has 0 saturated heterocycles. The van der Waals surface area contributed by atoms with Crippen LogP contribution in [0.2, 0.25) is 0 Å². The van der Waals surface area contributed by atoms with Gasteiger partial charge in [-0.15, -0.1) is 0 Å². The molecule has 20 heavy (non-hydrogen) atoms. The summed E-state index contributed by atoms with van der Waals surface area (Å²) in [6.45, 7) is 2.79. The van der Waals surface area contributed by atoms with Gasteiger partial charge in [0.1, 0.15) is 5.82 Å². The Morgan fingerprint density at radius 1 is 1.50 bits per heavy atom. The predicted octanol–water partition coefficient (Wildman–Crippen LogP) is 1.73. The Morgan fingerprint density at radius 3 is 2.95 bits per heavy atom. The van der Waals surface area contributed by atoms with Crippen LogP contribution >= 0.6 is 0 Å². The molecular weight excluding hydrogens is 259 g/mol. The highest BCUT2D eigenvalue weighted by molar-refractivity contribution is 5.95. The van der Waals surface area contributed by atoms with Gasteiger partial charge in [-0.1, -0.05) is 0 Å². The van der Waals surface area contributed by atoms with Gasteiger partial charge in [-0.2, -0.15) is 5.10 Å². The fraction of sp³-hybridized carbons (Fsp3) is 0.286. The fourth-order valence-electron chi connectivity index (χ4n) is 1.81. The van der Waals surface area contributed by atoms with Gasteiger partial charge in [-0.05, 0) is 31.5 Å². The number of amides is 1. The third kappa shape index (κ3) is 3.34. The van der Waals surface area contributed by atoms with Gasteiger partial charge in [-0.25, -0.2) is 4.39 Å². The molecule has 0 aliphatic carbocycles. The largest absolute Gasteiger partial charge is 0.398 e. The molecule has 0 saturated carbocycles. The Morgan fingerprint density at radius 2 is 2.30 bits per heavy atom. The van der Waals surface area contributed by atoms with Crippen LogP contribution in [0.5, 0.6) is 0 Å². The van der Waals surface area contributed by atoms with E-state index in [0.29, 0.717) is 12.1 Å². The average molecular weight is 276 g/mol. The monoisotopic (exact) mass is 276 g/mol. The number of carbonyl (C=O) groups is 1. The maximum Gasteiger partial charge on any atom is 0.251 e. The Labute approximate surface area is 116 Å². The first-order valence-electron chi connectivity index (χ1n) is 6.39. The van der Waals surface area contributed by atoms with Crippen molar-refractivity contribution in [3.05, 3.63) is 47.5 Å². The lowest BCUT2D eigenvalue weighted by Crippen LogP contribution is -2.25. The van der Waals surface area contributed by atoms with E-state index >= 15 is 0 Å². The van der Waals surface area contributed by atoms with Crippen molar-refractivity contribution in [2.75, 3.05) is 12.3 Å². The highest BCUT2D eigenvalue weighted by Gasteiger charge is 2.10. The summed E-state index contributed by atoms with van der Waals surface area (Å²) in [6.07, 6.45) is 4.31. The van der Waals surface area contributed by atoms with Crippen LogP contribution in [-0.2, 0) is 6.54 Å². The van der Waals surface area contributed by atoms with Crippen molar-refractivity contribution < 1.29 is 9.18 Å². The van der Waals surface area contributed by atoms with Crippen molar-refractivity contribution in [1.82, 2.24) is 15.1 Å². The second-order valence-electron chi connectivity index (χ2n) is 4.55. The summed E-state index contributed by atoms with van der Waals surface area (Å²) in [6, 6.07) is 4.53. The molecular formula is C14H17FN4O. The highest BCUT2D eigenvalue weighted by atomic mass is 19.1. The minimum Gasteiger partial charge on any atom is -0.398 e. The zero-order valence-electron chi connectivity index (χ0n) is 11.3. The molecule has 0 bridgehead atoms. The summed E-state index contributed by atoms with van der Waals surface area (Å²) in [5, 5.41) is 6.79. The smallest absolute Gasteiger partial charge is 0.251 e. The number of hydrogen-bond donors (Lipinski definition) is 2. The van der Waals surface area contributed by atoms with Crippen molar-refractivity contribution in [3.63, 3.8) is 0 Å². The minimum atomic E-state index is -0.466. The molecule has 3 N–H and O–H groups in total. The molecule has 0 fully saturated rings. The Balaban J connectivity index is 1.86. The van der Waals surface area contributed by atoms with Gasteiger partial charge in [-0.3, -0.25) is 9.48 Å². The van der Waals surface area contributed by atoms with Crippen molar-refractivity contribution in [3.8, 4) is 0 Å². The summed E-state index contributed by atoms with van der Waals surface area (Å²) < 4.78 is 15.3. The molecule has 0 unspecified atom stereocenters. The molecule has 1 aromatic heterocycles. The SMILES string of the molecule is Cc1c(N)cc(C(=O)NCCCn2cccn2)cc1F. The molecule has 0 radical (unpaired) electrons. The first kappa shape index (κ1) is 14.0. The number of hydrogen-bond acceptors (Lipinski definition) is 3. The van der Waals surface area contributed by atoms with Crippen LogP contribution in [0.1, 0.15) is 22.3 Å². The number of benzene rings is 1. The van der Waals surface area contributed by atoms with Crippen molar-refractivity contribution in [2.24, 2.45) is 0 Å². The standard InChI is InChI=1S/C14H17FN4O/c1-10-12(15)8-11(9-13(10)16)14(20)17-4-2-6-19-7-3-5-18-19/h3,5,7-9H,2,4,6,16H2,1H3,(H,17,20). The van der Waals surface area contributed by atoms with Crippen molar-refractivity contribution in [1.29, 1.82) is 0 Å². The van der Waals surface area contributed by atoms with Crippen LogP contribution in [0.25, 0.3) is 0 Å². The van der Waals surface area contributed by atoms with Crippen LogP contribution in [0.4, 0.5) is 10.1 Å². The molecule has 1 amide bonds. The van der Waals surface area contributed by atoms with E-state index in [-0.39, 0.29) is 17.2 Å². The van der Waals surface area contributed by atoms with Crippen LogP contribution in [0.3, 0.4) is 0 Å². The van der Waals surface area contributed by atoms with Gasteiger partial charge in [0.25, 0.3) is 5.91 Å². The number of halogens is 1. The number of aromatic nitrogens is 2. The molecule has 0 atom stereocenters. The van der Waals surface area contributed by atoms with Crippen LogP contribution in [0.15, 0.2) is 30.6 Å². The molecule has 106 valence electrons. The van der Waals surface area contributed by atoms with E-state index in [0.717, 1.165) is 13.0 Å². The number of nitrogen functional groups attached to an aromatic ring is 1. The second kappa shape index (κ2) is 6.18. The molecule has 0 aliphatic rings. The first-order valence-corrected chi connectivity index (χ1v) is 6.39. The van der Waals surface area contributed by atoms with E-state index in [9.17, 15) is 9.18 Å². The molecule has 5 nitrogen and oxygen atoms in total. The maximum atomic E-state index is 13.5. The van der Waals surface area contributed by atoms with Gasteiger partial charge in [0, 0.05) is 42.3 Å². The summed E-state index contributed by atoms with van der Waals surface area (Å²) in [5.74, 6) is -0.789. The molecule has 2 aromatic rings. The lowest BCUT2D eigenvalue weighted by Gasteiger charge is -2.08. The van der Waals surface area contributed by atoms with E-state index in [4.69, 9.17) is 5.73 Å². The Bertz CT molecular complexity index is 572. The van der Waals surface area contributed by atoms with Crippen LogP contribution in [-0.4, -0.2) is 22.2 Å². The molecule has 2 rings (SSSR count). The number of rotatable bonds is 5. The molecule has 0 aliphatic heterocycles. The summed E-state index contributed by atoms with van der Waals surface area (Å²) in [4.78, 5) is 11.9. The van der Waals surface area contributed by atoms with E-state index in [1.54, 1.807) is 17.8 Å². The number of aryl methyl sites for hydroxylation is 1. The maximum absolute atomic E-state index is 13.5. The van der Waals surface area contributed by atoms with Gasteiger partial charge < -0.3 is 11.1 Å². The molecule has 1 heterocycles. The number of nitrogens with two attached hydrogens (primary N) is 1. The summed E-state index contributed by atoms with van der Waals surface area (Å²) >= 11 is 0.